The van der Waals surface area contributed by atoms with E-state index >= 15 is 0 Å². The number of ether oxygens (including phenoxy) is 1. The van der Waals surface area contributed by atoms with Gasteiger partial charge in [-0.15, -0.1) is 0 Å². The van der Waals surface area contributed by atoms with E-state index in [9.17, 15) is 4.79 Å². The molecule has 0 amide bonds. The van der Waals surface area contributed by atoms with Crippen LogP contribution in [-0.4, -0.2) is 23.0 Å². The van der Waals surface area contributed by atoms with Crippen molar-refractivity contribution in [1.29, 1.82) is 0 Å². The normalized spacial score (nSPS) is 10.8. The number of aromatic amines is 1. The van der Waals surface area contributed by atoms with Gasteiger partial charge in [0.25, 0.3) is 0 Å². The second kappa shape index (κ2) is 5.50. The third kappa shape index (κ3) is 2.54. The number of esters is 1. The maximum atomic E-state index is 11.6. The zero-order chi connectivity index (χ0) is 15.0. The summed E-state index contributed by atoms with van der Waals surface area (Å²) in [5, 5.41) is 0.612. The highest BCUT2D eigenvalue weighted by Gasteiger charge is 2.14. The van der Waals surface area contributed by atoms with E-state index < -0.39 is 5.97 Å². The average molecular weight is 366 g/mol. The predicted molar refractivity (Wildman–Crippen MR) is 85.6 cm³/mol. The molecule has 0 fully saturated rings. The minimum absolute atomic E-state index is 0.397. The highest BCUT2D eigenvalue weighted by molar-refractivity contribution is 9.10. The molecule has 0 aliphatic carbocycles. The summed E-state index contributed by atoms with van der Waals surface area (Å²) in [5.41, 5.74) is 2.73. The van der Waals surface area contributed by atoms with Crippen LogP contribution < -0.4 is 0 Å². The van der Waals surface area contributed by atoms with Crippen molar-refractivity contribution in [3.63, 3.8) is 0 Å². The third-order valence-corrected chi connectivity index (χ3v) is 4.02. The number of fused-ring (bicyclic) bond motifs is 1. The van der Waals surface area contributed by atoms with Gasteiger partial charge in [-0.2, -0.15) is 0 Å². The van der Waals surface area contributed by atoms with Gasteiger partial charge in [0.1, 0.15) is 11.3 Å². The second-order valence-electron chi connectivity index (χ2n) is 4.41. The quantitative estimate of drug-likeness (QED) is 0.683. The lowest BCUT2D eigenvalue weighted by atomic mass is 10.2. The molecule has 0 unspecified atom stereocenters. The lowest BCUT2D eigenvalue weighted by molar-refractivity contribution is 0.0601. The highest BCUT2D eigenvalue weighted by atomic mass is 79.9. The number of H-pyrrole nitrogens is 1. The van der Waals surface area contributed by atoms with Gasteiger partial charge in [-0.05, 0) is 40.2 Å². The molecule has 0 aliphatic heterocycles. The molecule has 3 aromatic rings. The lowest BCUT2D eigenvalue weighted by Gasteiger charge is -2.00. The van der Waals surface area contributed by atoms with Gasteiger partial charge in [-0.25, -0.2) is 9.78 Å². The first-order valence-electron chi connectivity index (χ1n) is 6.12. The van der Waals surface area contributed by atoms with Crippen LogP contribution in [-0.2, 0) is 4.74 Å². The van der Waals surface area contributed by atoms with E-state index in [2.05, 4.69) is 25.9 Å². The standard InChI is InChI=1S/C15H10BrClN2O2/c1-21-15(20)8-6-10(16)13-12(7-8)18-14(19-13)9-4-2-3-5-11(9)17/h2-7H,1H3,(H,18,19). The summed E-state index contributed by atoms with van der Waals surface area (Å²) < 4.78 is 5.45. The van der Waals surface area contributed by atoms with Gasteiger partial charge in [0, 0.05) is 10.0 Å². The molecule has 4 nitrogen and oxygen atoms in total. The fraction of sp³-hybridized carbons (Fsp3) is 0.0667. The summed E-state index contributed by atoms with van der Waals surface area (Å²) >= 11 is 9.61. The Morgan fingerprint density at radius 3 is 2.81 bits per heavy atom. The van der Waals surface area contributed by atoms with Crippen LogP contribution in [0.4, 0.5) is 0 Å². The number of imidazole rings is 1. The maximum absolute atomic E-state index is 11.6. The van der Waals surface area contributed by atoms with Gasteiger partial charge in [0.05, 0.1) is 23.2 Å². The largest absolute Gasteiger partial charge is 0.465 e. The van der Waals surface area contributed by atoms with Gasteiger partial charge < -0.3 is 9.72 Å². The number of nitrogens with one attached hydrogen (secondary N) is 1. The summed E-state index contributed by atoms with van der Waals surface area (Å²) in [6.45, 7) is 0. The Hall–Kier alpha value is -1.85. The summed E-state index contributed by atoms with van der Waals surface area (Å²) in [7, 11) is 1.35. The number of aromatic nitrogens is 2. The monoisotopic (exact) mass is 364 g/mol. The molecule has 0 saturated heterocycles. The minimum atomic E-state index is -0.397. The Morgan fingerprint density at radius 2 is 2.10 bits per heavy atom. The van der Waals surface area contributed by atoms with E-state index in [1.807, 2.05) is 18.2 Å². The first-order chi connectivity index (χ1) is 10.1. The summed E-state index contributed by atoms with van der Waals surface area (Å²) in [4.78, 5) is 19.4. The maximum Gasteiger partial charge on any atom is 0.337 e. The Kier molecular flexibility index (Phi) is 3.69. The Labute approximate surface area is 134 Å². The van der Waals surface area contributed by atoms with Gasteiger partial charge in [0.2, 0.25) is 0 Å². The smallest absolute Gasteiger partial charge is 0.337 e. The van der Waals surface area contributed by atoms with Crippen LogP contribution in [0.3, 0.4) is 0 Å². The summed E-state index contributed by atoms with van der Waals surface area (Å²) in [6, 6.07) is 10.8. The van der Waals surface area contributed by atoms with Crippen LogP contribution in [0.15, 0.2) is 40.9 Å². The van der Waals surface area contributed by atoms with E-state index in [1.54, 1.807) is 18.2 Å². The predicted octanol–water partition coefficient (Wildman–Crippen LogP) is 4.43. The molecular weight excluding hydrogens is 356 g/mol. The summed E-state index contributed by atoms with van der Waals surface area (Å²) in [6.07, 6.45) is 0. The number of hydrogen-bond donors (Lipinski definition) is 1. The fourth-order valence-electron chi connectivity index (χ4n) is 2.09. The molecule has 0 aliphatic rings. The van der Waals surface area contributed by atoms with E-state index in [1.165, 1.54) is 7.11 Å². The van der Waals surface area contributed by atoms with Crippen molar-refractivity contribution in [3.8, 4) is 11.4 Å². The molecule has 0 bridgehead atoms. The molecular formula is C15H10BrClN2O2. The van der Waals surface area contributed by atoms with Crippen molar-refractivity contribution in [2.75, 3.05) is 7.11 Å². The number of methoxy groups -OCH3 is 1. The Balaban J connectivity index is 2.19. The van der Waals surface area contributed by atoms with Crippen molar-refractivity contribution >= 4 is 44.5 Å². The van der Waals surface area contributed by atoms with Crippen molar-refractivity contribution < 1.29 is 9.53 Å². The molecule has 0 saturated carbocycles. The van der Waals surface area contributed by atoms with Crippen LogP contribution >= 0.6 is 27.5 Å². The summed E-state index contributed by atoms with van der Waals surface area (Å²) in [5.74, 6) is 0.254. The number of rotatable bonds is 2. The highest BCUT2D eigenvalue weighted by Crippen LogP contribution is 2.30. The third-order valence-electron chi connectivity index (χ3n) is 3.09. The fourth-order valence-corrected chi connectivity index (χ4v) is 2.87. The number of carbonyl (C=O) groups excluding carboxylic acids is 1. The first-order valence-corrected chi connectivity index (χ1v) is 7.29. The van der Waals surface area contributed by atoms with Crippen molar-refractivity contribution in [2.24, 2.45) is 0 Å². The van der Waals surface area contributed by atoms with Gasteiger partial charge >= 0.3 is 5.97 Å². The minimum Gasteiger partial charge on any atom is -0.465 e. The number of hydrogen-bond acceptors (Lipinski definition) is 3. The van der Waals surface area contributed by atoms with Gasteiger partial charge in [-0.1, -0.05) is 23.7 Å². The van der Waals surface area contributed by atoms with Crippen LogP contribution in [0.25, 0.3) is 22.4 Å². The molecule has 1 heterocycles. The molecule has 3 rings (SSSR count). The van der Waals surface area contributed by atoms with E-state index in [0.29, 0.717) is 16.4 Å². The topological polar surface area (TPSA) is 55.0 Å². The molecule has 1 N–H and O–H groups in total. The SMILES string of the molecule is COC(=O)c1cc(Br)c2nc(-c3ccccc3Cl)[nH]c2c1. The van der Waals surface area contributed by atoms with E-state index in [0.717, 1.165) is 21.1 Å². The lowest BCUT2D eigenvalue weighted by Crippen LogP contribution is -2.00. The first kappa shape index (κ1) is 14.1. The van der Waals surface area contributed by atoms with Crippen LogP contribution in [0.5, 0.6) is 0 Å². The zero-order valence-electron chi connectivity index (χ0n) is 11.0. The Bertz CT molecular complexity index is 845. The van der Waals surface area contributed by atoms with Crippen LogP contribution in [0.1, 0.15) is 10.4 Å². The van der Waals surface area contributed by atoms with Crippen molar-refractivity contribution in [1.82, 2.24) is 9.97 Å². The molecule has 21 heavy (non-hydrogen) atoms. The van der Waals surface area contributed by atoms with Crippen molar-refractivity contribution in [2.45, 2.75) is 0 Å². The van der Waals surface area contributed by atoms with Crippen molar-refractivity contribution in [3.05, 3.63) is 51.5 Å². The van der Waals surface area contributed by atoms with Crippen LogP contribution in [0, 0.1) is 0 Å². The molecule has 106 valence electrons. The molecule has 0 radical (unpaired) electrons. The number of halogens is 2. The molecule has 0 spiro atoms. The Morgan fingerprint density at radius 1 is 1.33 bits per heavy atom. The molecule has 6 heteroatoms. The van der Waals surface area contributed by atoms with Gasteiger partial charge in [-0.3, -0.25) is 0 Å². The molecule has 1 aromatic heterocycles. The van der Waals surface area contributed by atoms with E-state index in [-0.39, 0.29) is 0 Å². The number of carbonyl (C=O) groups is 1. The number of nitrogens with zero attached hydrogens (tertiary/aromatic N) is 1. The number of benzene rings is 2. The zero-order valence-corrected chi connectivity index (χ0v) is 13.3. The molecule has 0 atom stereocenters. The van der Waals surface area contributed by atoms with Gasteiger partial charge in [0.15, 0.2) is 0 Å². The average Bonchev–Trinajstić information content (AvgIpc) is 2.91. The molecule has 2 aromatic carbocycles. The second-order valence-corrected chi connectivity index (χ2v) is 5.67. The van der Waals surface area contributed by atoms with E-state index in [4.69, 9.17) is 16.3 Å². The van der Waals surface area contributed by atoms with Crippen LogP contribution in [0.2, 0.25) is 5.02 Å².